The molecule has 0 bridgehead atoms. The molecule has 0 saturated heterocycles. The molecule has 0 amide bonds. The summed E-state index contributed by atoms with van der Waals surface area (Å²) in [7, 11) is 0. The molecule has 72 valence electrons. The molecular formula is C11H28. The van der Waals surface area contributed by atoms with Crippen molar-refractivity contribution in [2.24, 2.45) is 0 Å². The summed E-state index contributed by atoms with van der Waals surface area (Å²) in [5.41, 5.74) is 0. The molecular weight excluding hydrogens is 132 g/mol. The Labute approximate surface area is 74.7 Å². The standard InChI is InChI=1S/C5H10.3C2H6/c1-3-5-4-2;3*1-2/h3,5H,4H2,1-2H3;3*1-2H3/b5-3-;;;. The highest BCUT2D eigenvalue weighted by molar-refractivity contribution is 4.73. The van der Waals surface area contributed by atoms with Crippen molar-refractivity contribution in [2.75, 3.05) is 0 Å². The third-order valence-electron chi connectivity index (χ3n) is 0.471. The third-order valence-corrected chi connectivity index (χ3v) is 0.471. The molecule has 0 aromatic carbocycles. The maximum atomic E-state index is 2.12. The summed E-state index contributed by atoms with van der Waals surface area (Å²) in [5, 5.41) is 0. The second-order valence-corrected chi connectivity index (χ2v) is 0.977. The van der Waals surface area contributed by atoms with E-state index in [4.69, 9.17) is 0 Å². The van der Waals surface area contributed by atoms with Gasteiger partial charge in [-0.05, 0) is 13.3 Å². The van der Waals surface area contributed by atoms with Crippen LogP contribution in [0.15, 0.2) is 12.2 Å². The lowest BCUT2D eigenvalue weighted by Crippen LogP contribution is -1.43. The van der Waals surface area contributed by atoms with Gasteiger partial charge in [0.25, 0.3) is 0 Å². The van der Waals surface area contributed by atoms with Crippen LogP contribution in [0.4, 0.5) is 0 Å². The first-order valence-electron chi connectivity index (χ1n) is 5.03. The van der Waals surface area contributed by atoms with E-state index in [9.17, 15) is 0 Å². The van der Waals surface area contributed by atoms with Gasteiger partial charge in [-0.3, -0.25) is 0 Å². The predicted octanol–water partition coefficient (Wildman–Crippen LogP) is 5.05. The molecule has 0 spiro atoms. The van der Waals surface area contributed by atoms with E-state index in [1.165, 1.54) is 0 Å². The first-order chi connectivity index (χ1) is 5.41. The normalized spacial score (nSPS) is 6.18. The minimum Gasteiger partial charge on any atom is -0.0917 e. The van der Waals surface area contributed by atoms with Gasteiger partial charge < -0.3 is 0 Å². The van der Waals surface area contributed by atoms with E-state index in [1.807, 2.05) is 48.5 Å². The van der Waals surface area contributed by atoms with Crippen molar-refractivity contribution in [2.45, 2.75) is 61.8 Å². The summed E-state index contributed by atoms with van der Waals surface area (Å²) in [6, 6.07) is 0. The van der Waals surface area contributed by atoms with Crippen molar-refractivity contribution in [3.8, 4) is 0 Å². The summed E-state index contributed by atoms with van der Waals surface area (Å²) in [5.74, 6) is 0. The van der Waals surface area contributed by atoms with Crippen LogP contribution in [0.1, 0.15) is 61.8 Å². The first kappa shape index (κ1) is 22.4. The Kier molecular flexibility index (Phi) is 202. The van der Waals surface area contributed by atoms with Crippen LogP contribution in [0.2, 0.25) is 0 Å². The van der Waals surface area contributed by atoms with Crippen LogP contribution in [-0.2, 0) is 0 Å². The molecule has 0 unspecified atom stereocenters. The average molecular weight is 160 g/mol. The number of allylic oxidation sites excluding steroid dienone is 2. The summed E-state index contributed by atoms with van der Waals surface area (Å²) in [4.78, 5) is 0. The zero-order valence-corrected chi connectivity index (χ0v) is 9.86. The molecule has 0 heteroatoms. The van der Waals surface area contributed by atoms with Gasteiger partial charge in [-0.1, -0.05) is 60.6 Å². The Morgan fingerprint density at radius 1 is 0.818 bits per heavy atom. The minimum atomic E-state index is 1.16. The molecule has 0 nitrogen and oxygen atoms in total. The van der Waals surface area contributed by atoms with Crippen molar-refractivity contribution in [3.05, 3.63) is 12.2 Å². The molecule has 0 fully saturated rings. The fraction of sp³-hybridized carbons (Fsp3) is 0.818. The van der Waals surface area contributed by atoms with E-state index in [0.29, 0.717) is 0 Å². The smallest absolute Gasteiger partial charge is 0.0379 e. The van der Waals surface area contributed by atoms with Crippen molar-refractivity contribution in [1.82, 2.24) is 0 Å². The second kappa shape index (κ2) is 99.1. The molecule has 0 aliphatic heterocycles. The van der Waals surface area contributed by atoms with Gasteiger partial charge in [-0.25, -0.2) is 0 Å². The Morgan fingerprint density at radius 3 is 1.09 bits per heavy atom. The lowest BCUT2D eigenvalue weighted by molar-refractivity contribution is 1.22. The molecule has 0 aromatic rings. The SMILES string of the molecule is C/C=C\CC.CC.CC.CC. The van der Waals surface area contributed by atoms with Gasteiger partial charge in [0, 0.05) is 0 Å². The Morgan fingerprint density at radius 2 is 1.09 bits per heavy atom. The van der Waals surface area contributed by atoms with Crippen LogP contribution in [0.3, 0.4) is 0 Å². The highest BCUT2D eigenvalue weighted by Gasteiger charge is 1.52. The van der Waals surface area contributed by atoms with Gasteiger partial charge in [-0.2, -0.15) is 0 Å². The Balaban J connectivity index is -0.0000000350. The van der Waals surface area contributed by atoms with Gasteiger partial charge in [0.15, 0.2) is 0 Å². The zero-order valence-electron chi connectivity index (χ0n) is 9.86. The molecule has 11 heavy (non-hydrogen) atoms. The molecule has 0 atom stereocenters. The van der Waals surface area contributed by atoms with Gasteiger partial charge in [-0.15, -0.1) is 0 Å². The molecule has 0 radical (unpaired) electrons. The van der Waals surface area contributed by atoms with Crippen molar-refractivity contribution >= 4 is 0 Å². The quantitative estimate of drug-likeness (QED) is 0.471. The summed E-state index contributed by atoms with van der Waals surface area (Å²) >= 11 is 0. The summed E-state index contributed by atoms with van der Waals surface area (Å²) < 4.78 is 0. The van der Waals surface area contributed by atoms with E-state index in [2.05, 4.69) is 19.1 Å². The topological polar surface area (TPSA) is 0 Å². The fourth-order valence-electron chi connectivity index (χ4n) is 0.236. The number of rotatable bonds is 1. The van der Waals surface area contributed by atoms with E-state index >= 15 is 0 Å². The molecule has 0 aromatic heterocycles. The van der Waals surface area contributed by atoms with Crippen LogP contribution in [-0.4, -0.2) is 0 Å². The third kappa shape index (κ3) is 193. The van der Waals surface area contributed by atoms with Crippen molar-refractivity contribution < 1.29 is 0 Å². The van der Waals surface area contributed by atoms with E-state index < -0.39 is 0 Å². The number of hydrogen-bond donors (Lipinski definition) is 0. The lowest BCUT2D eigenvalue weighted by Gasteiger charge is -1.65. The van der Waals surface area contributed by atoms with Gasteiger partial charge in [0.2, 0.25) is 0 Å². The lowest BCUT2D eigenvalue weighted by atomic mass is 10.4. The van der Waals surface area contributed by atoms with Crippen molar-refractivity contribution in [3.63, 3.8) is 0 Å². The van der Waals surface area contributed by atoms with Crippen molar-refractivity contribution in [1.29, 1.82) is 0 Å². The van der Waals surface area contributed by atoms with E-state index in [0.717, 1.165) is 6.42 Å². The average Bonchev–Trinajstić information content (AvgIpc) is 2.16. The van der Waals surface area contributed by atoms with E-state index in [1.54, 1.807) is 0 Å². The Bertz CT molecular complexity index is 27.0. The zero-order chi connectivity index (χ0) is 10.1. The van der Waals surface area contributed by atoms with Gasteiger partial charge in [0.05, 0.1) is 0 Å². The molecule has 0 saturated carbocycles. The van der Waals surface area contributed by atoms with Crippen LogP contribution in [0, 0.1) is 0 Å². The molecule has 0 N–H and O–H groups in total. The predicted molar refractivity (Wildman–Crippen MR) is 59.1 cm³/mol. The minimum absolute atomic E-state index is 1.16. The van der Waals surface area contributed by atoms with Crippen LogP contribution >= 0.6 is 0 Å². The molecule has 0 aliphatic carbocycles. The van der Waals surface area contributed by atoms with Crippen LogP contribution < -0.4 is 0 Å². The number of hydrogen-bond acceptors (Lipinski definition) is 0. The van der Waals surface area contributed by atoms with Gasteiger partial charge >= 0.3 is 0 Å². The second-order valence-electron chi connectivity index (χ2n) is 0.977. The van der Waals surface area contributed by atoms with Crippen LogP contribution in [0.25, 0.3) is 0 Å². The first-order valence-corrected chi connectivity index (χ1v) is 5.03. The molecule has 0 aliphatic rings. The Hall–Kier alpha value is -0.260. The summed E-state index contributed by atoms with van der Waals surface area (Å²) in [6.07, 6.45) is 5.34. The highest BCUT2D eigenvalue weighted by Crippen LogP contribution is 1.73. The van der Waals surface area contributed by atoms with Crippen LogP contribution in [0.5, 0.6) is 0 Å². The maximum absolute atomic E-state index is 2.12. The van der Waals surface area contributed by atoms with Gasteiger partial charge in [0.1, 0.15) is 0 Å². The monoisotopic (exact) mass is 160 g/mol. The van der Waals surface area contributed by atoms with E-state index in [-0.39, 0.29) is 0 Å². The summed E-state index contributed by atoms with van der Waals surface area (Å²) in [6.45, 7) is 16.2. The largest absolute Gasteiger partial charge is 0.0917 e. The molecule has 0 rings (SSSR count). The fourth-order valence-corrected chi connectivity index (χ4v) is 0.236. The highest BCUT2D eigenvalue weighted by atomic mass is 13.6. The molecule has 0 heterocycles. The maximum Gasteiger partial charge on any atom is -0.0379 e.